The van der Waals surface area contributed by atoms with Crippen LogP contribution in [0, 0.1) is 0 Å². The molecule has 2 heterocycles. The Labute approximate surface area is 120 Å². The Morgan fingerprint density at radius 1 is 1.29 bits per heavy atom. The molecule has 1 amide bonds. The fourth-order valence-electron chi connectivity index (χ4n) is 2.54. The number of carbonyl (C=O) groups excluding carboxylic acids is 1. The van der Waals surface area contributed by atoms with Crippen molar-refractivity contribution in [2.45, 2.75) is 18.4 Å². The smallest absolute Gasteiger partial charge is 0.335 e. The predicted molar refractivity (Wildman–Crippen MR) is 73.8 cm³/mol. The molecule has 1 aromatic carbocycles. The molecule has 7 nitrogen and oxygen atoms in total. The SMILES string of the molecule is O=C(c1ccc2nc[nH]c2c1)N1CCC(O)(C(=O)O)CC1. The fourth-order valence-corrected chi connectivity index (χ4v) is 2.54. The van der Waals surface area contributed by atoms with Crippen LogP contribution >= 0.6 is 0 Å². The van der Waals surface area contributed by atoms with Crippen LogP contribution in [0.5, 0.6) is 0 Å². The lowest BCUT2D eigenvalue weighted by molar-refractivity contribution is -0.162. The van der Waals surface area contributed by atoms with E-state index in [-0.39, 0.29) is 31.8 Å². The van der Waals surface area contributed by atoms with E-state index in [1.54, 1.807) is 29.4 Å². The predicted octanol–water partition coefficient (Wildman–Crippen LogP) is 0.615. The third kappa shape index (κ3) is 2.36. The Balaban J connectivity index is 1.76. The number of H-pyrrole nitrogens is 1. The molecule has 21 heavy (non-hydrogen) atoms. The van der Waals surface area contributed by atoms with Crippen molar-refractivity contribution in [1.82, 2.24) is 14.9 Å². The average Bonchev–Trinajstić information content (AvgIpc) is 2.94. The van der Waals surface area contributed by atoms with E-state index in [4.69, 9.17) is 5.11 Å². The van der Waals surface area contributed by atoms with Crippen molar-refractivity contribution < 1.29 is 19.8 Å². The number of hydrogen-bond acceptors (Lipinski definition) is 4. The first kappa shape index (κ1) is 13.6. The van der Waals surface area contributed by atoms with Crippen LogP contribution in [0.15, 0.2) is 24.5 Å². The number of hydrogen-bond donors (Lipinski definition) is 3. The number of aromatic nitrogens is 2. The van der Waals surface area contributed by atoms with Crippen LogP contribution in [-0.4, -0.2) is 55.6 Å². The van der Waals surface area contributed by atoms with Gasteiger partial charge in [0.15, 0.2) is 5.60 Å². The zero-order valence-electron chi connectivity index (χ0n) is 11.2. The van der Waals surface area contributed by atoms with Crippen LogP contribution in [0.3, 0.4) is 0 Å². The molecule has 3 N–H and O–H groups in total. The number of fused-ring (bicyclic) bond motifs is 1. The highest BCUT2D eigenvalue weighted by Crippen LogP contribution is 2.24. The van der Waals surface area contributed by atoms with E-state index >= 15 is 0 Å². The molecule has 7 heteroatoms. The molecule has 0 bridgehead atoms. The van der Waals surface area contributed by atoms with Gasteiger partial charge in [0.05, 0.1) is 17.4 Å². The quantitative estimate of drug-likeness (QED) is 0.751. The van der Waals surface area contributed by atoms with E-state index in [1.807, 2.05) is 0 Å². The average molecular weight is 289 g/mol. The van der Waals surface area contributed by atoms with Crippen molar-refractivity contribution in [3.63, 3.8) is 0 Å². The summed E-state index contributed by atoms with van der Waals surface area (Å²) in [5, 5.41) is 18.9. The third-order valence-electron chi connectivity index (χ3n) is 3.94. The molecule has 1 fully saturated rings. The van der Waals surface area contributed by atoms with E-state index in [1.165, 1.54) is 0 Å². The lowest BCUT2D eigenvalue weighted by Gasteiger charge is -2.35. The summed E-state index contributed by atoms with van der Waals surface area (Å²) in [6.45, 7) is 0.450. The molecule has 3 rings (SSSR count). The molecule has 0 unspecified atom stereocenters. The highest BCUT2D eigenvalue weighted by atomic mass is 16.4. The van der Waals surface area contributed by atoms with Gasteiger partial charge in [-0.25, -0.2) is 9.78 Å². The number of carbonyl (C=O) groups is 2. The molecule has 0 radical (unpaired) electrons. The lowest BCUT2D eigenvalue weighted by Crippen LogP contribution is -2.50. The minimum absolute atomic E-state index is 0.0420. The van der Waals surface area contributed by atoms with Crippen molar-refractivity contribution in [3.8, 4) is 0 Å². The van der Waals surface area contributed by atoms with Crippen molar-refractivity contribution in [2.75, 3.05) is 13.1 Å². The Morgan fingerprint density at radius 2 is 2.00 bits per heavy atom. The standard InChI is InChI=1S/C14H15N3O4/c18-12(9-1-2-10-11(7-9)16-8-15-10)17-5-3-14(21,4-6-17)13(19)20/h1-2,7-8,21H,3-6H2,(H,15,16)(H,19,20). The summed E-state index contributed by atoms with van der Waals surface area (Å²) < 4.78 is 0. The number of rotatable bonds is 2. The molecule has 0 saturated carbocycles. The number of likely N-dealkylation sites (tertiary alicyclic amines) is 1. The minimum atomic E-state index is -1.72. The highest BCUT2D eigenvalue weighted by Gasteiger charge is 2.40. The Kier molecular flexibility index (Phi) is 3.13. The Morgan fingerprint density at radius 3 is 2.67 bits per heavy atom. The number of piperidine rings is 1. The first-order chi connectivity index (χ1) is 9.99. The number of carboxylic acid groups (broad SMARTS) is 1. The van der Waals surface area contributed by atoms with Crippen LogP contribution in [0.2, 0.25) is 0 Å². The molecular formula is C14H15N3O4. The number of imidazole rings is 1. The van der Waals surface area contributed by atoms with E-state index < -0.39 is 11.6 Å². The van der Waals surface area contributed by atoms with Gasteiger partial charge < -0.3 is 20.1 Å². The summed E-state index contributed by atoms with van der Waals surface area (Å²) in [5.74, 6) is -1.40. The molecule has 1 saturated heterocycles. The molecule has 110 valence electrons. The first-order valence-corrected chi connectivity index (χ1v) is 6.68. The van der Waals surface area contributed by atoms with Gasteiger partial charge in [-0.1, -0.05) is 0 Å². The number of aliphatic carboxylic acids is 1. The van der Waals surface area contributed by atoms with Gasteiger partial charge in [-0.2, -0.15) is 0 Å². The van der Waals surface area contributed by atoms with Gasteiger partial charge in [-0.15, -0.1) is 0 Å². The summed E-state index contributed by atoms with van der Waals surface area (Å²) >= 11 is 0. The number of carboxylic acids is 1. The number of nitrogens with zero attached hydrogens (tertiary/aromatic N) is 2. The molecule has 1 aliphatic rings. The molecule has 0 spiro atoms. The molecule has 1 aliphatic heterocycles. The summed E-state index contributed by atoms with van der Waals surface area (Å²) in [7, 11) is 0. The Bertz CT molecular complexity index is 701. The minimum Gasteiger partial charge on any atom is -0.479 e. The van der Waals surface area contributed by atoms with Crippen LogP contribution < -0.4 is 0 Å². The number of amides is 1. The van der Waals surface area contributed by atoms with Crippen molar-refractivity contribution in [1.29, 1.82) is 0 Å². The van der Waals surface area contributed by atoms with Gasteiger partial charge in [0.25, 0.3) is 5.91 Å². The largest absolute Gasteiger partial charge is 0.479 e. The monoisotopic (exact) mass is 289 g/mol. The van der Waals surface area contributed by atoms with Gasteiger partial charge in [-0.3, -0.25) is 4.79 Å². The number of nitrogens with one attached hydrogen (secondary N) is 1. The molecule has 0 atom stereocenters. The van der Waals surface area contributed by atoms with Gasteiger partial charge >= 0.3 is 5.97 Å². The summed E-state index contributed by atoms with van der Waals surface area (Å²) in [5.41, 5.74) is 0.363. The summed E-state index contributed by atoms with van der Waals surface area (Å²) in [6, 6.07) is 5.18. The molecule has 2 aromatic rings. The van der Waals surface area contributed by atoms with Gasteiger partial charge in [0.2, 0.25) is 0 Å². The Hall–Kier alpha value is -2.41. The van der Waals surface area contributed by atoms with E-state index in [9.17, 15) is 14.7 Å². The zero-order chi connectivity index (χ0) is 15.0. The van der Waals surface area contributed by atoms with E-state index in [0.717, 1.165) is 11.0 Å². The van der Waals surface area contributed by atoms with Crippen LogP contribution in [0.4, 0.5) is 0 Å². The van der Waals surface area contributed by atoms with Crippen molar-refractivity contribution >= 4 is 22.9 Å². The van der Waals surface area contributed by atoms with E-state index in [0.29, 0.717) is 5.56 Å². The number of aliphatic hydroxyl groups is 1. The normalized spacial score (nSPS) is 17.9. The van der Waals surface area contributed by atoms with Crippen molar-refractivity contribution in [2.24, 2.45) is 0 Å². The fraction of sp³-hybridized carbons (Fsp3) is 0.357. The second-order valence-corrected chi connectivity index (χ2v) is 5.26. The maximum absolute atomic E-state index is 12.4. The van der Waals surface area contributed by atoms with Crippen LogP contribution in [-0.2, 0) is 4.79 Å². The zero-order valence-corrected chi connectivity index (χ0v) is 11.2. The topological polar surface area (TPSA) is 107 Å². The second kappa shape index (κ2) is 4.85. The maximum Gasteiger partial charge on any atom is 0.335 e. The highest BCUT2D eigenvalue weighted by molar-refractivity contribution is 5.97. The van der Waals surface area contributed by atoms with Gasteiger partial charge in [-0.05, 0) is 18.2 Å². The molecular weight excluding hydrogens is 274 g/mol. The first-order valence-electron chi connectivity index (χ1n) is 6.68. The number of benzene rings is 1. The number of aromatic amines is 1. The maximum atomic E-state index is 12.4. The second-order valence-electron chi connectivity index (χ2n) is 5.26. The molecule has 0 aliphatic carbocycles. The van der Waals surface area contributed by atoms with Gasteiger partial charge in [0.1, 0.15) is 0 Å². The lowest BCUT2D eigenvalue weighted by atomic mass is 9.91. The van der Waals surface area contributed by atoms with Crippen LogP contribution in [0.1, 0.15) is 23.2 Å². The van der Waals surface area contributed by atoms with Gasteiger partial charge in [0, 0.05) is 31.5 Å². The molecule has 1 aromatic heterocycles. The summed E-state index contributed by atoms with van der Waals surface area (Å²) in [6.07, 6.45) is 1.65. The van der Waals surface area contributed by atoms with Crippen molar-refractivity contribution in [3.05, 3.63) is 30.1 Å². The van der Waals surface area contributed by atoms with Crippen LogP contribution in [0.25, 0.3) is 11.0 Å². The third-order valence-corrected chi connectivity index (χ3v) is 3.94. The summed E-state index contributed by atoms with van der Waals surface area (Å²) in [4.78, 5) is 32.0. The van der Waals surface area contributed by atoms with E-state index in [2.05, 4.69) is 9.97 Å².